The third kappa shape index (κ3) is 67.2. The molecule has 2 unspecified atom stereocenters. The highest BCUT2D eigenvalue weighted by molar-refractivity contribution is 5.71. The van der Waals surface area contributed by atoms with Crippen molar-refractivity contribution in [1.29, 1.82) is 0 Å². The molecule has 0 saturated carbocycles. The van der Waals surface area contributed by atoms with Crippen LogP contribution < -0.4 is 0 Å². The van der Waals surface area contributed by atoms with E-state index in [9.17, 15) is 19.5 Å². The van der Waals surface area contributed by atoms with Gasteiger partial charge in [-0.05, 0) is 141 Å². The van der Waals surface area contributed by atoms with Gasteiger partial charge in [-0.1, -0.05) is 259 Å². The van der Waals surface area contributed by atoms with Gasteiger partial charge >= 0.3 is 17.9 Å². The number of likely N-dealkylation sites (N-methyl/N-ethyl adjacent to an activating group) is 1. The Kier molecular flexibility index (Phi) is 61.2. The quantitative estimate of drug-likeness (QED) is 0.0211. The zero-order valence-electron chi connectivity index (χ0n) is 55.1. The van der Waals surface area contributed by atoms with Crippen molar-refractivity contribution in [3.05, 3.63) is 207 Å². The fourth-order valence-electron chi connectivity index (χ4n) is 8.03. The number of quaternary nitrogens is 1. The minimum Gasteiger partial charge on any atom is -0.477 e. The van der Waals surface area contributed by atoms with Crippen molar-refractivity contribution in [2.75, 3.05) is 47.5 Å². The maximum Gasteiger partial charge on any atom is 0.361 e. The smallest absolute Gasteiger partial charge is 0.361 e. The second kappa shape index (κ2) is 65.8. The molecule has 2 atom stereocenters. The summed E-state index contributed by atoms with van der Waals surface area (Å²) < 4.78 is 22.8. The van der Waals surface area contributed by atoms with Gasteiger partial charge in [0.05, 0.1) is 34.4 Å². The van der Waals surface area contributed by atoms with Gasteiger partial charge in [-0.25, -0.2) is 4.79 Å². The van der Waals surface area contributed by atoms with Gasteiger partial charge in [-0.2, -0.15) is 0 Å². The number of carbonyl (C=O) groups excluding carboxylic acids is 2. The van der Waals surface area contributed by atoms with Crippen molar-refractivity contribution in [2.45, 2.75) is 219 Å². The standard InChI is InChI=1S/C78H119NO8/c1-6-8-10-12-14-16-18-20-22-24-26-28-30-31-32-33-34-35-36-37-38-39-40-41-42-43-44-45-47-49-51-53-55-57-59-61-63-65-67-69-76(81)87-74(73-86-78(77(82)83)84-71-70-79(3,4)5)72-85-75(80)68-66-64-62-60-58-56-54-52-50-48-46-29-27-25-23-21-19-17-15-13-11-9-7-2/h8-11,14-17,20-23,26-29,31-32,34-35,37-38,40-41,43-44,47-50,54,56,60,62,74,78H,6-7,12-13,18-19,24-25,30,33,36,39,42,45-46,51-53,55,57-59,61,63-73H2,1-5H3/p+1/b10-8-,11-9-,16-14-,17-15-,22-20-,23-21-,28-26-,29-27-,32-31-,35-34-,38-37-,41-40-,44-43-,49-47-,50-48-,56-54-,62-60-. The van der Waals surface area contributed by atoms with E-state index in [2.05, 4.69) is 220 Å². The van der Waals surface area contributed by atoms with Crippen LogP contribution in [0.2, 0.25) is 0 Å². The lowest BCUT2D eigenvalue weighted by Crippen LogP contribution is -2.40. The average molecular weight is 1200 g/mol. The van der Waals surface area contributed by atoms with E-state index in [4.69, 9.17) is 18.9 Å². The topological polar surface area (TPSA) is 108 Å². The van der Waals surface area contributed by atoms with Gasteiger partial charge in [0, 0.05) is 12.8 Å². The molecule has 1 N–H and O–H groups in total. The number of aliphatic carboxylic acids is 1. The van der Waals surface area contributed by atoms with Crippen LogP contribution in [0.5, 0.6) is 0 Å². The third-order valence-corrected chi connectivity index (χ3v) is 13.0. The molecule has 0 aliphatic heterocycles. The zero-order valence-corrected chi connectivity index (χ0v) is 55.1. The number of hydrogen-bond donors (Lipinski definition) is 1. The number of ether oxygens (including phenoxy) is 4. The molecule has 87 heavy (non-hydrogen) atoms. The average Bonchev–Trinajstić information content (AvgIpc) is 3.55. The molecular formula is C78H120NO8+. The van der Waals surface area contributed by atoms with Crippen molar-refractivity contribution >= 4 is 17.9 Å². The first-order chi connectivity index (χ1) is 42.6. The first-order valence-electron chi connectivity index (χ1n) is 33.2. The number of rotatable bonds is 58. The van der Waals surface area contributed by atoms with Crippen LogP contribution in [0, 0.1) is 0 Å². The fourth-order valence-corrected chi connectivity index (χ4v) is 8.03. The molecule has 0 spiro atoms. The number of carboxylic acid groups (broad SMARTS) is 1. The number of nitrogens with zero attached hydrogens (tertiary/aromatic N) is 1. The molecular weight excluding hydrogens is 1080 g/mol. The summed E-state index contributed by atoms with van der Waals surface area (Å²) in [4.78, 5) is 37.5. The van der Waals surface area contributed by atoms with Gasteiger partial charge < -0.3 is 28.5 Å². The van der Waals surface area contributed by atoms with E-state index in [-0.39, 0.29) is 32.7 Å². The summed E-state index contributed by atoms with van der Waals surface area (Å²) >= 11 is 0. The summed E-state index contributed by atoms with van der Waals surface area (Å²) in [5.74, 6) is -2.12. The van der Waals surface area contributed by atoms with Crippen molar-refractivity contribution in [2.24, 2.45) is 0 Å². The van der Waals surface area contributed by atoms with Crippen molar-refractivity contribution < 1.29 is 42.9 Å². The summed E-state index contributed by atoms with van der Waals surface area (Å²) in [6.45, 7) is 4.54. The van der Waals surface area contributed by atoms with E-state index in [0.29, 0.717) is 23.9 Å². The van der Waals surface area contributed by atoms with Gasteiger partial charge in [0.15, 0.2) is 6.10 Å². The molecule has 0 bridgehead atoms. The molecule has 0 aromatic carbocycles. The van der Waals surface area contributed by atoms with Gasteiger partial charge in [0.2, 0.25) is 0 Å². The van der Waals surface area contributed by atoms with E-state index < -0.39 is 30.3 Å². The number of allylic oxidation sites excluding steroid dienone is 34. The van der Waals surface area contributed by atoms with Gasteiger partial charge in [0.1, 0.15) is 13.2 Å². The monoisotopic (exact) mass is 1200 g/mol. The van der Waals surface area contributed by atoms with E-state index in [1.165, 1.54) is 25.7 Å². The van der Waals surface area contributed by atoms with Crippen LogP contribution in [-0.2, 0) is 33.3 Å². The van der Waals surface area contributed by atoms with Crippen molar-refractivity contribution in [3.63, 3.8) is 0 Å². The first-order valence-corrected chi connectivity index (χ1v) is 33.2. The molecule has 9 nitrogen and oxygen atoms in total. The second-order valence-corrected chi connectivity index (χ2v) is 22.3. The van der Waals surface area contributed by atoms with Crippen LogP contribution in [0.1, 0.15) is 206 Å². The Balaban J connectivity index is 4.30. The number of hydrogen-bond acceptors (Lipinski definition) is 7. The highest BCUT2D eigenvalue weighted by Gasteiger charge is 2.25. The number of carbonyl (C=O) groups is 3. The Hall–Kier alpha value is -6.13. The third-order valence-electron chi connectivity index (χ3n) is 13.0. The van der Waals surface area contributed by atoms with Gasteiger partial charge in [-0.3, -0.25) is 9.59 Å². The molecule has 0 rings (SSSR count). The second-order valence-electron chi connectivity index (χ2n) is 22.3. The van der Waals surface area contributed by atoms with E-state index >= 15 is 0 Å². The van der Waals surface area contributed by atoms with Crippen molar-refractivity contribution in [1.82, 2.24) is 0 Å². The molecule has 0 fully saturated rings. The number of unbranched alkanes of at least 4 members (excludes halogenated alkanes) is 9. The Morgan fingerprint density at radius 3 is 0.954 bits per heavy atom. The lowest BCUT2D eigenvalue weighted by Gasteiger charge is -2.25. The number of carboxylic acids is 1. The lowest BCUT2D eigenvalue weighted by atomic mass is 10.1. The molecule has 0 saturated heterocycles. The predicted molar refractivity (Wildman–Crippen MR) is 372 cm³/mol. The zero-order chi connectivity index (χ0) is 63.3. The van der Waals surface area contributed by atoms with E-state index in [0.717, 1.165) is 141 Å². The Bertz CT molecular complexity index is 2180. The molecule has 0 aliphatic rings. The Labute approximate surface area is 531 Å². The normalized spacial score (nSPS) is 14.1. The highest BCUT2D eigenvalue weighted by atomic mass is 16.7. The number of esters is 2. The molecule has 9 heteroatoms. The largest absolute Gasteiger partial charge is 0.477 e. The Morgan fingerprint density at radius 2 is 0.632 bits per heavy atom. The molecule has 0 amide bonds. The minimum atomic E-state index is -1.54. The fraction of sp³-hybridized carbons (Fsp3) is 0.526. The molecule has 0 radical (unpaired) electrons. The summed E-state index contributed by atoms with van der Waals surface area (Å²) in [6.07, 6.45) is 101. The predicted octanol–water partition coefficient (Wildman–Crippen LogP) is 20.8. The van der Waals surface area contributed by atoms with Crippen LogP contribution in [0.25, 0.3) is 0 Å². The van der Waals surface area contributed by atoms with E-state index in [1.54, 1.807) is 0 Å². The van der Waals surface area contributed by atoms with Crippen LogP contribution >= 0.6 is 0 Å². The molecule has 484 valence electrons. The minimum absolute atomic E-state index is 0.165. The maximum atomic E-state index is 12.9. The molecule has 0 aromatic rings. The van der Waals surface area contributed by atoms with Crippen LogP contribution in [0.3, 0.4) is 0 Å². The highest BCUT2D eigenvalue weighted by Crippen LogP contribution is 2.13. The maximum absolute atomic E-state index is 12.9. The van der Waals surface area contributed by atoms with Gasteiger partial charge in [0.25, 0.3) is 6.29 Å². The summed E-state index contributed by atoms with van der Waals surface area (Å²) in [7, 11) is 5.93. The summed E-state index contributed by atoms with van der Waals surface area (Å²) in [5, 5.41) is 9.73. The SMILES string of the molecule is CC/C=C\C/C=C\C/C=C\C/C=C\C/C=C\C/C=C\C/C=C\C/C=C\C/C=C\C/C=C\CCCCCCCCCCC(=O)OC(COC(=O)CCC/C=C\C/C=C\C/C=C\C/C=C\C/C=C\C/C=C\C/C=C\CC)COC(OCC[N+](C)(C)C)C(=O)O. The van der Waals surface area contributed by atoms with Crippen LogP contribution in [0.15, 0.2) is 207 Å². The first kappa shape index (κ1) is 80.9. The van der Waals surface area contributed by atoms with Crippen LogP contribution in [0.4, 0.5) is 0 Å². The van der Waals surface area contributed by atoms with Crippen molar-refractivity contribution in [3.8, 4) is 0 Å². The molecule has 0 heterocycles. The summed E-state index contributed by atoms with van der Waals surface area (Å²) in [6, 6.07) is 0. The van der Waals surface area contributed by atoms with Gasteiger partial charge in [-0.15, -0.1) is 0 Å². The van der Waals surface area contributed by atoms with E-state index in [1.807, 2.05) is 21.1 Å². The lowest BCUT2D eigenvalue weighted by molar-refractivity contribution is -0.870. The Morgan fingerprint density at radius 1 is 0.345 bits per heavy atom. The van der Waals surface area contributed by atoms with Crippen LogP contribution in [-0.4, -0.2) is 87.4 Å². The molecule has 0 aliphatic carbocycles. The molecule has 0 aromatic heterocycles. The summed E-state index contributed by atoms with van der Waals surface area (Å²) in [5.41, 5.74) is 0.